The molecule has 1 aliphatic heterocycles. The maximum absolute atomic E-state index is 8.92. The molecule has 0 N–H and O–H groups in total. The van der Waals surface area contributed by atoms with E-state index in [0.717, 1.165) is 23.9 Å². The van der Waals surface area contributed by atoms with Crippen LogP contribution in [-0.2, 0) is 0 Å². The van der Waals surface area contributed by atoms with Crippen LogP contribution >= 0.6 is 15.9 Å². The van der Waals surface area contributed by atoms with Crippen LogP contribution in [0.5, 0.6) is 0 Å². The van der Waals surface area contributed by atoms with E-state index in [9.17, 15) is 0 Å². The Hall–Kier alpha value is -1.01. The second kappa shape index (κ2) is 5.54. The highest BCUT2D eigenvalue weighted by Crippen LogP contribution is 2.39. The van der Waals surface area contributed by atoms with E-state index in [0.29, 0.717) is 12.3 Å². The first-order valence-corrected chi connectivity index (χ1v) is 7.64. The van der Waals surface area contributed by atoms with Gasteiger partial charge >= 0.3 is 0 Å². The maximum Gasteiger partial charge on any atom is 0.0625 e. The first-order chi connectivity index (χ1) is 8.94. The first kappa shape index (κ1) is 14.4. The van der Waals surface area contributed by atoms with Crippen molar-refractivity contribution in [2.24, 2.45) is 5.92 Å². The summed E-state index contributed by atoms with van der Waals surface area (Å²) >= 11 is 3.69. The van der Waals surface area contributed by atoms with E-state index in [-0.39, 0.29) is 5.54 Å². The summed E-state index contributed by atoms with van der Waals surface area (Å²) in [6, 6.07) is 8.84. The third kappa shape index (κ3) is 3.12. The molecule has 1 aromatic rings. The number of nitrogens with zero attached hydrogens (tertiary/aromatic N) is 2. The molecule has 1 fully saturated rings. The number of nitriles is 1. The maximum atomic E-state index is 8.92. The van der Waals surface area contributed by atoms with Crippen LogP contribution in [0.25, 0.3) is 0 Å². The Labute approximate surface area is 124 Å². The smallest absolute Gasteiger partial charge is 0.0625 e. The summed E-state index contributed by atoms with van der Waals surface area (Å²) < 4.78 is 1.15. The van der Waals surface area contributed by atoms with Crippen molar-refractivity contribution >= 4 is 21.6 Å². The molecule has 0 radical (unpaired) electrons. The minimum absolute atomic E-state index is 0.156. The molecule has 1 saturated heterocycles. The van der Waals surface area contributed by atoms with Gasteiger partial charge in [-0.1, -0.05) is 6.07 Å². The monoisotopic (exact) mass is 320 g/mol. The quantitative estimate of drug-likeness (QED) is 0.792. The summed E-state index contributed by atoms with van der Waals surface area (Å²) in [7, 11) is 0. The molecule has 1 unspecified atom stereocenters. The lowest BCUT2D eigenvalue weighted by molar-refractivity contribution is 0.293. The van der Waals surface area contributed by atoms with Crippen molar-refractivity contribution in [3.8, 4) is 6.07 Å². The Morgan fingerprint density at radius 2 is 2.21 bits per heavy atom. The van der Waals surface area contributed by atoms with E-state index in [1.807, 2.05) is 0 Å². The largest absolute Gasteiger partial charge is 0.365 e. The van der Waals surface area contributed by atoms with Crippen LogP contribution in [0, 0.1) is 24.2 Å². The number of hydrogen-bond acceptors (Lipinski definition) is 2. The van der Waals surface area contributed by atoms with Crippen molar-refractivity contribution in [1.82, 2.24) is 0 Å². The van der Waals surface area contributed by atoms with Crippen molar-refractivity contribution in [2.75, 3.05) is 11.4 Å². The Balaban J connectivity index is 2.31. The Morgan fingerprint density at radius 1 is 1.47 bits per heavy atom. The van der Waals surface area contributed by atoms with E-state index < -0.39 is 0 Å². The number of hydrogen-bond donors (Lipinski definition) is 0. The second-order valence-corrected chi connectivity index (χ2v) is 7.00. The van der Waals surface area contributed by atoms with E-state index in [1.54, 1.807) is 0 Å². The molecule has 0 aliphatic carbocycles. The third-order valence-corrected chi connectivity index (χ3v) is 4.74. The molecular formula is C16H21BrN2. The standard InChI is InChI=1S/C16H21BrN2/c1-12-4-5-15(14(17)10-12)19-11-13(7-9-18)6-8-16(19,2)3/h4-5,10,13H,6-8,11H2,1-3H3. The fraction of sp³-hybridized carbons (Fsp3) is 0.562. The minimum Gasteiger partial charge on any atom is -0.365 e. The summed E-state index contributed by atoms with van der Waals surface area (Å²) in [6.07, 6.45) is 2.95. The molecule has 1 atom stereocenters. The molecule has 0 spiro atoms. The SMILES string of the molecule is Cc1ccc(N2CC(CC#N)CCC2(C)C)c(Br)c1. The van der Waals surface area contributed by atoms with Crippen LogP contribution in [-0.4, -0.2) is 12.1 Å². The Bertz CT molecular complexity index is 502. The van der Waals surface area contributed by atoms with Gasteiger partial charge in [0.2, 0.25) is 0 Å². The molecule has 102 valence electrons. The lowest BCUT2D eigenvalue weighted by atomic mass is 9.83. The number of anilines is 1. The molecule has 3 heteroatoms. The van der Waals surface area contributed by atoms with Crippen LogP contribution in [0.1, 0.15) is 38.7 Å². The second-order valence-electron chi connectivity index (χ2n) is 6.14. The van der Waals surface area contributed by atoms with Gasteiger partial charge in [0.1, 0.15) is 0 Å². The molecule has 1 aliphatic rings. The Morgan fingerprint density at radius 3 is 2.84 bits per heavy atom. The minimum atomic E-state index is 0.156. The fourth-order valence-corrected chi connectivity index (χ4v) is 3.55. The van der Waals surface area contributed by atoms with E-state index in [4.69, 9.17) is 5.26 Å². The summed E-state index contributed by atoms with van der Waals surface area (Å²) in [4.78, 5) is 2.46. The van der Waals surface area contributed by atoms with Gasteiger partial charge in [-0.2, -0.15) is 5.26 Å². The normalized spacial score (nSPS) is 22.1. The van der Waals surface area contributed by atoms with Gasteiger partial charge in [0, 0.05) is 23.0 Å². The van der Waals surface area contributed by atoms with Gasteiger partial charge in [0.05, 0.1) is 11.8 Å². The number of aryl methyl sites for hydroxylation is 1. The number of benzene rings is 1. The lowest BCUT2D eigenvalue weighted by Crippen LogP contribution is -2.50. The van der Waals surface area contributed by atoms with Crippen molar-refractivity contribution in [1.29, 1.82) is 5.26 Å². The van der Waals surface area contributed by atoms with Crippen LogP contribution in [0.15, 0.2) is 22.7 Å². The lowest BCUT2D eigenvalue weighted by Gasteiger charge is -2.47. The van der Waals surface area contributed by atoms with Gasteiger partial charge < -0.3 is 4.90 Å². The molecule has 0 aromatic heterocycles. The van der Waals surface area contributed by atoms with Gasteiger partial charge in [0.15, 0.2) is 0 Å². The zero-order valence-electron chi connectivity index (χ0n) is 11.9. The molecule has 1 heterocycles. The highest BCUT2D eigenvalue weighted by Gasteiger charge is 2.34. The molecule has 0 saturated carbocycles. The van der Waals surface area contributed by atoms with Gasteiger partial charge in [-0.25, -0.2) is 0 Å². The summed E-state index contributed by atoms with van der Waals surface area (Å²) in [5.74, 6) is 0.492. The summed E-state index contributed by atoms with van der Waals surface area (Å²) in [5.41, 5.74) is 2.67. The van der Waals surface area contributed by atoms with Crippen LogP contribution in [0.3, 0.4) is 0 Å². The first-order valence-electron chi connectivity index (χ1n) is 6.85. The summed E-state index contributed by atoms with van der Waals surface area (Å²) in [5, 5.41) is 8.92. The van der Waals surface area contributed by atoms with Crippen LogP contribution < -0.4 is 4.90 Å². The summed E-state index contributed by atoms with van der Waals surface area (Å²) in [6.45, 7) is 7.67. The number of piperidine rings is 1. The average molecular weight is 321 g/mol. The molecule has 2 rings (SSSR count). The van der Waals surface area contributed by atoms with Crippen molar-refractivity contribution in [2.45, 2.75) is 45.6 Å². The molecular weight excluding hydrogens is 300 g/mol. The van der Waals surface area contributed by atoms with Crippen LogP contribution in [0.4, 0.5) is 5.69 Å². The molecule has 1 aromatic carbocycles. The van der Waals surface area contributed by atoms with Crippen molar-refractivity contribution < 1.29 is 0 Å². The highest BCUT2D eigenvalue weighted by molar-refractivity contribution is 9.10. The van der Waals surface area contributed by atoms with Crippen LogP contribution in [0.2, 0.25) is 0 Å². The number of halogens is 1. The van der Waals surface area contributed by atoms with Gasteiger partial charge in [-0.05, 0) is 73.2 Å². The predicted octanol–water partition coefficient (Wildman–Crippen LogP) is 4.67. The third-order valence-electron chi connectivity index (χ3n) is 4.11. The van der Waals surface area contributed by atoms with Crippen molar-refractivity contribution in [3.63, 3.8) is 0 Å². The number of rotatable bonds is 2. The van der Waals surface area contributed by atoms with Crippen molar-refractivity contribution in [3.05, 3.63) is 28.2 Å². The molecule has 19 heavy (non-hydrogen) atoms. The zero-order valence-corrected chi connectivity index (χ0v) is 13.5. The fourth-order valence-electron chi connectivity index (χ4n) is 2.84. The van der Waals surface area contributed by atoms with E-state index in [1.165, 1.54) is 11.3 Å². The molecule has 0 amide bonds. The zero-order chi connectivity index (χ0) is 14.0. The van der Waals surface area contributed by atoms with Gasteiger partial charge in [-0.3, -0.25) is 0 Å². The van der Waals surface area contributed by atoms with Gasteiger partial charge in [0.25, 0.3) is 0 Å². The Kier molecular flexibility index (Phi) is 4.20. The topological polar surface area (TPSA) is 27.0 Å². The predicted molar refractivity (Wildman–Crippen MR) is 83.3 cm³/mol. The molecule has 0 bridgehead atoms. The molecule has 2 nitrogen and oxygen atoms in total. The van der Waals surface area contributed by atoms with E-state index in [2.05, 4.69) is 65.9 Å². The highest BCUT2D eigenvalue weighted by atomic mass is 79.9. The van der Waals surface area contributed by atoms with Gasteiger partial charge in [-0.15, -0.1) is 0 Å². The van der Waals surface area contributed by atoms with E-state index >= 15 is 0 Å². The average Bonchev–Trinajstić information content (AvgIpc) is 2.32.